The third-order valence-electron chi connectivity index (χ3n) is 4.40. The van der Waals surface area contributed by atoms with Crippen LogP contribution in [0, 0.1) is 0 Å². The lowest BCUT2D eigenvalue weighted by Gasteiger charge is -2.37. The van der Waals surface area contributed by atoms with Crippen molar-refractivity contribution >= 4 is 0 Å². The molecule has 2 heteroatoms. The van der Waals surface area contributed by atoms with Crippen LogP contribution in [-0.2, 0) is 12.0 Å². The van der Waals surface area contributed by atoms with E-state index >= 15 is 0 Å². The van der Waals surface area contributed by atoms with Gasteiger partial charge in [-0.15, -0.1) is 0 Å². The highest BCUT2D eigenvalue weighted by molar-refractivity contribution is 5.27. The van der Waals surface area contributed by atoms with Crippen LogP contribution in [0.25, 0.3) is 0 Å². The van der Waals surface area contributed by atoms with Crippen LogP contribution in [0.15, 0.2) is 24.3 Å². The molecule has 0 atom stereocenters. The minimum atomic E-state index is -0.601. The summed E-state index contributed by atoms with van der Waals surface area (Å²) < 4.78 is 0. The van der Waals surface area contributed by atoms with Crippen LogP contribution in [0.1, 0.15) is 57.1 Å². The van der Waals surface area contributed by atoms with Crippen molar-refractivity contribution in [1.82, 2.24) is 5.32 Å². The Balaban J connectivity index is 1.96. The van der Waals surface area contributed by atoms with Crippen molar-refractivity contribution < 1.29 is 5.11 Å². The van der Waals surface area contributed by atoms with Gasteiger partial charge in [-0.3, -0.25) is 0 Å². The second-order valence-electron chi connectivity index (χ2n) is 5.81. The van der Waals surface area contributed by atoms with Gasteiger partial charge in [0.05, 0.1) is 5.60 Å². The molecule has 2 nitrogen and oxygen atoms in total. The zero-order valence-electron chi connectivity index (χ0n) is 12.3. The zero-order valence-corrected chi connectivity index (χ0v) is 12.3. The Hall–Kier alpha value is -0.860. The first kappa shape index (κ1) is 14.5. The number of hydrogen-bond donors (Lipinski definition) is 2. The number of rotatable bonds is 5. The van der Waals surface area contributed by atoms with E-state index in [1.165, 1.54) is 12.0 Å². The van der Waals surface area contributed by atoms with Gasteiger partial charge in [-0.1, -0.05) is 38.1 Å². The number of hydrogen-bond acceptors (Lipinski definition) is 2. The van der Waals surface area contributed by atoms with Crippen molar-refractivity contribution in [3.63, 3.8) is 0 Å². The average molecular weight is 261 g/mol. The summed E-state index contributed by atoms with van der Waals surface area (Å²) in [5, 5.41) is 14.4. The molecule has 0 spiro atoms. The van der Waals surface area contributed by atoms with Gasteiger partial charge >= 0.3 is 0 Å². The molecule has 1 aliphatic carbocycles. The molecule has 0 amide bonds. The van der Waals surface area contributed by atoms with Crippen LogP contribution >= 0.6 is 0 Å². The van der Waals surface area contributed by atoms with E-state index < -0.39 is 5.60 Å². The van der Waals surface area contributed by atoms with E-state index in [1.807, 2.05) is 0 Å². The first-order valence-electron chi connectivity index (χ1n) is 7.73. The topological polar surface area (TPSA) is 32.3 Å². The van der Waals surface area contributed by atoms with Crippen molar-refractivity contribution in [3.05, 3.63) is 35.4 Å². The molecule has 106 valence electrons. The number of aliphatic hydroxyl groups is 1. The maximum Gasteiger partial charge on any atom is 0.0897 e. The number of aryl methyl sites for hydroxylation is 1. The van der Waals surface area contributed by atoms with Gasteiger partial charge in [-0.05, 0) is 56.2 Å². The summed E-state index contributed by atoms with van der Waals surface area (Å²) in [6.45, 7) is 5.45. The summed E-state index contributed by atoms with van der Waals surface area (Å²) in [6, 6.07) is 9.11. The highest BCUT2D eigenvalue weighted by Crippen LogP contribution is 2.37. The second kappa shape index (κ2) is 6.53. The fraction of sp³-hybridized carbons (Fsp3) is 0.647. The van der Waals surface area contributed by atoms with Crippen LogP contribution in [-0.4, -0.2) is 17.7 Å². The summed E-state index contributed by atoms with van der Waals surface area (Å²) >= 11 is 0. The summed E-state index contributed by atoms with van der Waals surface area (Å²) in [5.74, 6) is 0. The van der Waals surface area contributed by atoms with Gasteiger partial charge in [0.2, 0.25) is 0 Å². The van der Waals surface area contributed by atoms with E-state index in [9.17, 15) is 5.11 Å². The van der Waals surface area contributed by atoms with Crippen LogP contribution in [0.5, 0.6) is 0 Å². The van der Waals surface area contributed by atoms with E-state index in [1.54, 1.807) is 0 Å². The molecule has 0 unspecified atom stereocenters. The van der Waals surface area contributed by atoms with Crippen molar-refractivity contribution in [2.24, 2.45) is 0 Å². The van der Waals surface area contributed by atoms with Crippen LogP contribution in [0.4, 0.5) is 0 Å². The predicted octanol–water partition coefficient (Wildman–Crippen LogP) is 3.38. The summed E-state index contributed by atoms with van der Waals surface area (Å²) in [5.41, 5.74) is 1.83. The molecule has 1 aromatic rings. The molecule has 1 fully saturated rings. The third-order valence-corrected chi connectivity index (χ3v) is 4.40. The lowest BCUT2D eigenvalue weighted by atomic mass is 9.77. The summed E-state index contributed by atoms with van der Waals surface area (Å²) in [7, 11) is 0. The largest absolute Gasteiger partial charge is 0.385 e. The van der Waals surface area contributed by atoms with E-state index in [-0.39, 0.29) is 0 Å². The minimum Gasteiger partial charge on any atom is -0.385 e. The minimum absolute atomic E-state index is 0.593. The number of nitrogens with one attached hydrogen (secondary N) is 1. The predicted molar refractivity (Wildman–Crippen MR) is 80.3 cm³/mol. The van der Waals surface area contributed by atoms with Gasteiger partial charge < -0.3 is 10.4 Å². The van der Waals surface area contributed by atoms with Crippen molar-refractivity contribution in [2.75, 3.05) is 6.54 Å². The molecule has 2 rings (SSSR count). The third kappa shape index (κ3) is 3.58. The number of benzene rings is 1. The Morgan fingerprint density at radius 2 is 1.79 bits per heavy atom. The van der Waals surface area contributed by atoms with Gasteiger partial charge in [-0.2, -0.15) is 0 Å². The van der Waals surface area contributed by atoms with Gasteiger partial charge in [0.1, 0.15) is 0 Å². The normalized spacial score (nSPS) is 27.4. The monoisotopic (exact) mass is 261 g/mol. The Bertz CT molecular complexity index is 377. The smallest absolute Gasteiger partial charge is 0.0897 e. The molecule has 1 saturated carbocycles. The molecule has 0 bridgehead atoms. The quantitative estimate of drug-likeness (QED) is 0.851. The molecular weight excluding hydrogens is 234 g/mol. The van der Waals surface area contributed by atoms with Crippen molar-refractivity contribution in [2.45, 2.75) is 64.0 Å². The second-order valence-corrected chi connectivity index (χ2v) is 5.81. The molecule has 1 aliphatic rings. The zero-order chi connectivity index (χ0) is 13.7. The Morgan fingerprint density at radius 1 is 1.16 bits per heavy atom. The molecule has 19 heavy (non-hydrogen) atoms. The van der Waals surface area contributed by atoms with Crippen LogP contribution in [0.3, 0.4) is 0 Å². The van der Waals surface area contributed by atoms with E-state index in [4.69, 9.17) is 0 Å². The SMILES string of the molecule is CCCNC1CCC(O)(c2ccc(CC)cc2)CC1. The van der Waals surface area contributed by atoms with Gasteiger partial charge in [0.25, 0.3) is 0 Å². The molecule has 0 heterocycles. The summed E-state index contributed by atoms with van der Waals surface area (Å²) in [4.78, 5) is 0. The van der Waals surface area contributed by atoms with Gasteiger partial charge in [0, 0.05) is 6.04 Å². The fourth-order valence-corrected chi connectivity index (χ4v) is 2.99. The van der Waals surface area contributed by atoms with Gasteiger partial charge in [-0.25, -0.2) is 0 Å². The first-order chi connectivity index (χ1) is 9.18. The molecule has 0 saturated heterocycles. The lowest BCUT2D eigenvalue weighted by molar-refractivity contribution is -0.00827. The van der Waals surface area contributed by atoms with E-state index in [0.717, 1.165) is 44.2 Å². The Kier molecular flexibility index (Phi) is 5.00. The fourth-order valence-electron chi connectivity index (χ4n) is 2.99. The molecule has 0 aliphatic heterocycles. The average Bonchev–Trinajstić information content (AvgIpc) is 2.47. The maximum absolute atomic E-state index is 10.8. The van der Waals surface area contributed by atoms with Gasteiger partial charge in [0.15, 0.2) is 0 Å². The molecule has 0 aromatic heterocycles. The first-order valence-corrected chi connectivity index (χ1v) is 7.73. The molecule has 1 aromatic carbocycles. The Morgan fingerprint density at radius 3 is 2.32 bits per heavy atom. The molecule has 0 radical (unpaired) electrons. The van der Waals surface area contributed by atoms with Crippen LogP contribution < -0.4 is 5.32 Å². The highest BCUT2D eigenvalue weighted by Gasteiger charge is 2.34. The van der Waals surface area contributed by atoms with Crippen molar-refractivity contribution in [1.29, 1.82) is 0 Å². The van der Waals surface area contributed by atoms with Crippen LogP contribution in [0.2, 0.25) is 0 Å². The standard InChI is InChI=1S/C17H27NO/c1-3-13-18-16-9-11-17(19,12-10-16)15-7-5-14(4-2)6-8-15/h5-8,16,18-19H,3-4,9-13H2,1-2H3. The summed E-state index contributed by atoms with van der Waals surface area (Å²) in [6.07, 6.45) is 6.14. The Labute approximate surface area is 117 Å². The molecular formula is C17H27NO. The maximum atomic E-state index is 10.8. The molecule has 2 N–H and O–H groups in total. The lowest BCUT2D eigenvalue weighted by Crippen LogP contribution is -2.40. The highest BCUT2D eigenvalue weighted by atomic mass is 16.3. The van der Waals surface area contributed by atoms with Crippen molar-refractivity contribution in [3.8, 4) is 0 Å². The van der Waals surface area contributed by atoms with E-state index in [2.05, 4.69) is 43.4 Å². The van der Waals surface area contributed by atoms with E-state index in [0.29, 0.717) is 6.04 Å².